The van der Waals surface area contributed by atoms with Crippen LogP contribution >= 0.6 is 39.3 Å². The molecule has 0 aliphatic rings. The van der Waals surface area contributed by atoms with Crippen LogP contribution < -0.4 is 9.47 Å². The summed E-state index contributed by atoms with van der Waals surface area (Å²) in [6.07, 6.45) is 2.04. The van der Waals surface area contributed by atoms with E-state index in [1.54, 1.807) is 18.9 Å². The highest BCUT2D eigenvalue weighted by Gasteiger charge is 2.11. The van der Waals surface area contributed by atoms with Gasteiger partial charge in [-0.15, -0.1) is 0 Å². The van der Waals surface area contributed by atoms with Crippen LogP contribution in [0, 0.1) is 0 Å². The Labute approximate surface area is 114 Å². The van der Waals surface area contributed by atoms with Gasteiger partial charge in [0.2, 0.25) is 0 Å². The average Bonchev–Trinajstić information content (AvgIpc) is 2.30. The number of methoxy groups -OCH3 is 1. The van der Waals surface area contributed by atoms with Gasteiger partial charge in [0.15, 0.2) is 11.5 Å². The zero-order valence-corrected chi connectivity index (χ0v) is 12.4. The first-order valence-electron chi connectivity index (χ1n) is 4.77. The summed E-state index contributed by atoms with van der Waals surface area (Å²) in [5, 5.41) is 1.34. The Bertz CT molecular complexity index is 347. The van der Waals surface area contributed by atoms with Gasteiger partial charge >= 0.3 is 0 Å². The summed E-state index contributed by atoms with van der Waals surface area (Å²) < 4.78 is 10.9. The van der Waals surface area contributed by atoms with Crippen molar-refractivity contribution in [3.63, 3.8) is 0 Å². The van der Waals surface area contributed by atoms with Gasteiger partial charge in [0, 0.05) is 11.1 Å². The van der Waals surface area contributed by atoms with Gasteiger partial charge in [-0.1, -0.05) is 27.5 Å². The summed E-state index contributed by atoms with van der Waals surface area (Å²) in [5.41, 5.74) is 1.07. The van der Waals surface area contributed by atoms with E-state index in [0.29, 0.717) is 23.1 Å². The lowest BCUT2D eigenvalue weighted by molar-refractivity contribution is 0.313. The molecular weight excluding hydrogens is 312 g/mol. The van der Waals surface area contributed by atoms with Crippen LogP contribution in [0.4, 0.5) is 0 Å². The molecule has 1 aromatic carbocycles. The average molecular weight is 326 g/mol. The van der Waals surface area contributed by atoms with E-state index in [9.17, 15) is 0 Å². The molecule has 1 aromatic rings. The predicted molar refractivity (Wildman–Crippen MR) is 74.5 cm³/mol. The Morgan fingerprint density at radius 2 is 2.19 bits per heavy atom. The molecule has 0 N–H and O–H groups in total. The van der Waals surface area contributed by atoms with Gasteiger partial charge in [-0.2, -0.15) is 11.8 Å². The van der Waals surface area contributed by atoms with Crippen molar-refractivity contribution in [2.24, 2.45) is 0 Å². The maximum absolute atomic E-state index is 6.14. The number of halogens is 2. The zero-order valence-electron chi connectivity index (χ0n) is 9.26. The molecule has 0 aliphatic heterocycles. The van der Waals surface area contributed by atoms with Gasteiger partial charge in [0.05, 0.1) is 18.7 Å². The number of hydrogen-bond donors (Lipinski definition) is 0. The number of hydrogen-bond acceptors (Lipinski definition) is 3. The van der Waals surface area contributed by atoms with Gasteiger partial charge < -0.3 is 9.47 Å². The van der Waals surface area contributed by atoms with E-state index in [1.807, 2.05) is 18.4 Å². The SMILES string of the molecule is COc1cc(CBr)cc(Cl)c1OCCSC. The molecule has 1 rings (SSSR count). The van der Waals surface area contributed by atoms with E-state index >= 15 is 0 Å². The molecule has 16 heavy (non-hydrogen) atoms. The highest BCUT2D eigenvalue weighted by atomic mass is 79.9. The minimum atomic E-state index is 0.593. The second kappa shape index (κ2) is 7.30. The molecule has 90 valence electrons. The lowest BCUT2D eigenvalue weighted by Crippen LogP contribution is -2.02. The topological polar surface area (TPSA) is 18.5 Å². The molecule has 0 saturated heterocycles. The predicted octanol–water partition coefficient (Wildman–Crippen LogP) is 3.99. The van der Waals surface area contributed by atoms with Crippen molar-refractivity contribution in [1.82, 2.24) is 0 Å². The minimum Gasteiger partial charge on any atom is -0.493 e. The Morgan fingerprint density at radius 1 is 1.44 bits per heavy atom. The largest absolute Gasteiger partial charge is 0.493 e. The van der Waals surface area contributed by atoms with Crippen molar-refractivity contribution < 1.29 is 9.47 Å². The summed E-state index contributed by atoms with van der Waals surface area (Å²) in [5.74, 6) is 2.24. The Kier molecular flexibility index (Phi) is 6.39. The molecule has 0 radical (unpaired) electrons. The van der Waals surface area contributed by atoms with Crippen LogP contribution in [-0.4, -0.2) is 25.7 Å². The first-order chi connectivity index (χ1) is 7.72. The zero-order chi connectivity index (χ0) is 12.0. The molecule has 0 heterocycles. The van der Waals surface area contributed by atoms with E-state index in [4.69, 9.17) is 21.1 Å². The molecule has 0 atom stereocenters. The van der Waals surface area contributed by atoms with Crippen LogP contribution in [-0.2, 0) is 5.33 Å². The maximum Gasteiger partial charge on any atom is 0.179 e. The second-order valence-electron chi connectivity index (χ2n) is 3.08. The van der Waals surface area contributed by atoms with E-state index in [1.165, 1.54) is 0 Å². The second-order valence-corrected chi connectivity index (χ2v) is 5.04. The molecule has 0 saturated carbocycles. The summed E-state index contributed by atoms with van der Waals surface area (Å²) in [4.78, 5) is 0. The van der Waals surface area contributed by atoms with E-state index in [0.717, 1.165) is 16.6 Å². The standard InChI is InChI=1S/C11H14BrClO2S/c1-14-10-6-8(7-12)5-9(13)11(10)15-3-4-16-2/h5-6H,3-4,7H2,1-2H3. The van der Waals surface area contributed by atoms with Crippen molar-refractivity contribution >= 4 is 39.3 Å². The highest BCUT2D eigenvalue weighted by molar-refractivity contribution is 9.08. The van der Waals surface area contributed by atoms with Gasteiger partial charge in [0.25, 0.3) is 0 Å². The highest BCUT2D eigenvalue weighted by Crippen LogP contribution is 2.36. The number of ether oxygens (including phenoxy) is 2. The first kappa shape index (κ1) is 14.0. The van der Waals surface area contributed by atoms with Crippen molar-refractivity contribution in [1.29, 1.82) is 0 Å². The summed E-state index contributed by atoms with van der Waals surface area (Å²) in [7, 11) is 1.62. The smallest absolute Gasteiger partial charge is 0.179 e. The fourth-order valence-electron chi connectivity index (χ4n) is 1.22. The first-order valence-corrected chi connectivity index (χ1v) is 7.66. The molecular formula is C11H14BrClO2S. The fourth-order valence-corrected chi connectivity index (χ4v) is 2.08. The quantitative estimate of drug-likeness (QED) is 0.582. The molecule has 2 nitrogen and oxygen atoms in total. The van der Waals surface area contributed by atoms with Crippen molar-refractivity contribution in [2.45, 2.75) is 5.33 Å². The van der Waals surface area contributed by atoms with Gasteiger partial charge in [0.1, 0.15) is 0 Å². The van der Waals surface area contributed by atoms with Gasteiger partial charge in [-0.25, -0.2) is 0 Å². The van der Waals surface area contributed by atoms with Crippen molar-refractivity contribution in [3.8, 4) is 11.5 Å². The Hall–Kier alpha value is -0.0600. The molecule has 0 aromatic heterocycles. The molecule has 0 amide bonds. The van der Waals surface area contributed by atoms with Crippen LogP contribution in [0.2, 0.25) is 5.02 Å². The minimum absolute atomic E-state index is 0.593. The van der Waals surface area contributed by atoms with Crippen LogP contribution in [0.25, 0.3) is 0 Å². The van der Waals surface area contributed by atoms with Crippen LogP contribution in [0.1, 0.15) is 5.56 Å². The van der Waals surface area contributed by atoms with Crippen LogP contribution in [0.5, 0.6) is 11.5 Å². The van der Waals surface area contributed by atoms with Crippen LogP contribution in [0.3, 0.4) is 0 Å². The van der Waals surface area contributed by atoms with E-state index in [2.05, 4.69) is 15.9 Å². The maximum atomic E-state index is 6.14. The normalized spacial score (nSPS) is 10.2. The monoisotopic (exact) mass is 324 g/mol. The fraction of sp³-hybridized carbons (Fsp3) is 0.455. The third kappa shape index (κ3) is 3.75. The number of alkyl halides is 1. The van der Waals surface area contributed by atoms with E-state index in [-0.39, 0.29) is 0 Å². The Morgan fingerprint density at radius 3 is 2.75 bits per heavy atom. The molecule has 0 bridgehead atoms. The molecule has 0 aliphatic carbocycles. The van der Waals surface area contributed by atoms with Gasteiger partial charge in [-0.3, -0.25) is 0 Å². The summed E-state index contributed by atoms with van der Waals surface area (Å²) in [6, 6.07) is 3.81. The molecule has 0 spiro atoms. The summed E-state index contributed by atoms with van der Waals surface area (Å²) >= 11 is 11.3. The van der Waals surface area contributed by atoms with Crippen molar-refractivity contribution in [2.75, 3.05) is 25.7 Å². The summed E-state index contributed by atoms with van der Waals surface area (Å²) in [6.45, 7) is 0.630. The molecule has 0 unspecified atom stereocenters. The number of rotatable bonds is 6. The Balaban J connectivity index is 2.88. The van der Waals surface area contributed by atoms with Crippen LogP contribution in [0.15, 0.2) is 12.1 Å². The lowest BCUT2D eigenvalue weighted by Gasteiger charge is -2.13. The lowest BCUT2D eigenvalue weighted by atomic mass is 10.2. The third-order valence-electron chi connectivity index (χ3n) is 1.98. The number of benzene rings is 1. The third-order valence-corrected chi connectivity index (χ3v) is 3.48. The van der Waals surface area contributed by atoms with Gasteiger partial charge in [-0.05, 0) is 24.0 Å². The molecule has 0 fully saturated rings. The van der Waals surface area contributed by atoms with Crippen molar-refractivity contribution in [3.05, 3.63) is 22.7 Å². The molecule has 5 heteroatoms. The number of thioether (sulfide) groups is 1. The van der Waals surface area contributed by atoms with E-state index < -0.39 is 0 Å².